The lowest BCUT2D eigenvalue weighted by molar-refractivity contribution is -0.132. The summed E-state index contributed by atoms with van der Waals surface area (Å²) in [4.78, 5) is 31.2. The van der Waals surface area contributed by atoms with Gasteiger partial charge < -0.3 is 10.2 Å². The molecule has 1 N–H and O–H groups in total. The summed E-state index contributed by atoms with van der Waals surface area (Å²) in [7, 11) is 0. The topological polar surface area (TPSA) is 61.8 Å². The second-order valence-electron chi connectivity index (χ2n) is 8.62. The Balaban J connectivity index is 1.67. The smallest absolute Gasteiger partial charge is 0.242 e. The number of amides is 2. The van der Waals surface area contributed by atoms with Gasteiger partial charge in [-0.25, -0.2) is 4.39 Å². The number of hydrogen-bond acceptors (Lipinski definition) is 4. The number of piperidine rings is 1. The Labute approximate surface area is 176 Å². The third-order valence-corrected chi connectivity index (χ3v) is 7.07. The highest BCUT2D eigenvalue weighted by Crippen LogP contribution is 2.41. The molecule has 0 aliphatic carbocycles. The van der Waals surface area contributed by atoms with E-state index in [0.717, 1.165) is 32.4 Å². The fourth-order valence-electron chi connectivity index (χ4n) is 4.13. The molecule has 2 aliphatic heterocycles. The monoisotopic (exact) mass is 419 g/mol. The highest BCUT2D eigenvalue weighted by Gasteiger charge is 2.45. The third kappa shape index (κ3) is 4.82. The predicted molar refractivity (Wildman–Crippen MR) is 115 cm³/mol. The van der Waals surface area contributed by atoms with E-state index in [1.165, 1.54) is 17.8 Å². The van der Waals surface area contributed by atoms with Crippen molar-refractivity contribution in [2.24, 2.45) is 10.9 Å². The van der Waals surface area contributed by atoms with E-state index in [9.17, 15) is 14.0 Å². The SMILES string of the molecule is CCC(=O)N1CCC(CC2(C)SC(=NC(C)(C)c3ccccc3F)NC2=O)CC1. The molecule has 0 saturated carbocycles. The minimum atomic E-state index is -0.780. The molecule has 2 fully saturated rings. The van der Waals surface area contributed by atoms with E-state index in [0.29, 0.717) is 23.1 Å². The van der Waals surface area contributed by atoms with Crippen molar-refractivity contribution < 1.29 is 14.0 Å². The molecular weight excluding hydrogens is 389 g/mol. The fourth-order valence-corrected chi connectivity index (χ4v) is 5.44. The number of rotatable bonds is 5. The number of amidine groups is 1. The number of carbonyl (C=O) groups is 2. The van der Waals surface area contributed by atoms with E-state index in [2.05, 4.69) is 10.3 Å². The lowest BCUT2D eigenvalue weighted by atomic mass is 9.87. The molecule has 29 heavy (non-hydrogen) atoms. The first-order chi connectivity index (χ1) is 13.6. The van der Waals surface area contributed by atoms with Crippen molar-refractivity contribution in [2.45, 2.75) is 63.7 Å². The van der Waals surface area contributed by atoms with Gasteiger partial charge in [0.2, 0.25) is 11.8 Å². The molecule has 1 aromatic rings. The maximum atomic E-state index is 14.2. The Morgan fingerprint density at radius 3 is 2.62 bits per heavy atom. The maximum absolute atomic E-state index is 14.2. The molecule has 1 unspecified atom stereocenters. The van der Waals surface area contributed by atoms with Crippen LogP contribution in [0.25, 0.3) is 0 Å². The van der Waals surface area contributed by atoms with Crippen LogP contribution in [0.3, 0.4) is 0 Å². The normalized spacial score (nSPS) is 24.8. The molecule has 2 saturated heterocycles. The Morgan fingerprint density at radius 1 is 1.34 bits per heavy atom. The second kappa shape index (κ2) is 8.46. The first-order valence-electron chi connectivity index (χ1n) is 10.3. The zero-order valence-electron chi connectivity index (χ0n) is 17.6. The van der Waals surface area contributed by atoms with Crippen molar-refractivity contribution in [1.82, 2.24) is 10.2 Å². The Bertz CT molecular complexity index is 818. The molecule has 7 heteroatoms. The Hall–Kier alpha value is -1.89. The number of hydrogen-bond donors (Lipinski definition) is 1. The van der Waals surface area contributed by atoms with Crippen LogP contribution in [0.15, 0.2) is 29.3 Å². The van der Waals surface area contributed by atoms with Gasteiger partial charge in [-0.05, 0) is 52.0 Å². The van der Waals surface area contributed by atoms with Crippen molar-refractivity contribution in [1.29, 1.82) is 0 Å². The summed E-state index contributed by atoms with van der Waals surface area (Å²) in [6.45, 7) is 9.07. The first-order valence-corrected chi connectivity index (χ1v) is 11.1. The number of aliphatic imine (C=N–C) groups is 1. The fraction of sp³-hybridized carbons (Fsp3) is 0.591. The molecule has 5 nitrogen and oxygen atoms in total. The van der Waals surface area contributed by atoms with E-state index >= 15 is 0 Å². The number of nitrogens with one attached hydrogen (secondary N) is 1. The van der Waals surface area contributed by atoms with Crippen LogP contribution < -0.4 is 5.32 Å². The van der Waals surface area contributed by atoms with Crippen LogP contribution in [0.4, 0.5) is 4.39 Å². The third-order valence-electron chi connectivity index (χ3n) is 5.88. The van der Waals surface area contributed by atoms with Crippen LogP contribution in [0.1, 0.15) is 58.9 Å². The minimum absolute atomic E-state index is 0.0438. The Morgan fingerprint density at radius 2 is 2.00 bits per heavy atom. The summed E-state index contributed by atoms with van der Waals surface area (Å²) in [5, 5.41) is 3.45. The number of benzene rings is 1. The lowest BCUT2D eigenvalue weighted by Crippen LogP contribution is -2.41. The highest BCUT2D eigenvalue weighted by atomic mass is 32.2. The van der Waals surface area contributed by atoms with E-state index < -0.39 is 10.3 Å². The summed E-state index contributed by atoms with van der Waals surface area (Å²) < 4.78 is 13.6. The second-order valence-corrected chi connectivity index (χ2v) is 10.1. The largest absolute Gasteiger partial charge is 0.343 e. The summed E-state index contributed by atoms with van der Waals surface area (Å²) in [6, 6.07) is 6.61. The number of halogens is 1. The molecular formula is C22H30FN3O2S. The van der Waals surface area contributed by atoms with Gasteiger partial charge >= 0.3 is 0 Å². The number of nitrogens with zero attached hydrogens (tertiary/aromatic N) is 2. The average Bonchev–Trinajstić information content (AvgIpc) is 2.94. The van der Waals surface area contributed by atoms with Gasteiger partial charge in [0.05, 0.1) is 10.3 Å². The molecule has 3 rings (SSSR count). The minimum Gasteiger partial charge on any atom is -0.343 e. The van der Waals surface area contributed by atoms with E-state index in [4.69, 9.17) is 0 Å². The maximum Gasteiger partial charge on any atom is 0.242 e. The summed E-state index contributed by atoms with van der Waals surface area (Å²) in [6.07, 6.45) is 3.12. The van der Waals surface area contributed by atoms with Crippen LogP contribution in [-0.4, -0.2) is 39.7 Å². The molecule has 2 aliphatic rings. The zero-order valence-corrected chi connectivity index (χ0v) is 18.4. The van der Waals surface area contributed by atoms with Crippen LogP contribution in [-0.2, 0) is 15.1 Å². The van der Waals surface area contributed by atoms with Crippen molar-refractivity contribution in [3.8, 4) is 0 Å². The molecule has 0 spiro atoms. The lowest BCUT2D eigenvalue weighted by Gasteiger charge is -2.34. The quantitative estimate of drug-likeness (QED) is 0.782. The van der Waals surface area contributed by atoms with Crippen molar-refractivity contribution >= 4 is 28.7 Å². The van der Waals surface area contributed by atoms with Gasteiger partial charge in [-0.1, -0.05) is 36.9 Å². The van der Waals surface area contributed by atoms with E-state index in [1.807, 2.05) is 32.6 Å². The van der Waals surface area contributed by atoms with Crippen LogP contribution >= 0.6 is 11.8 Å². The molecule has 2 amide bonds. The molecule has 1 atom stereocenters. The summed E-state index contributed by atoms with van der Waals surface area (Å²) in [5.41, 5.74) is -0.276. The van der Waals surface area contributed by atoms with Crippen LogP contribution in [0, 0.1) is 11.7 Å². The predicted octanol–water partition coefficient (Wildman–Crippen LogP) is 4.08. The van der Waals surface area contributed by atoms with Crippen molar-refractivity contribution in [2.75, 3.05) is 13.1 Å². The van der Waals surface area contributed by atoms with Gasteiger partial charge in [-0.15, -0.1) is 0 Å². The molecule has 0 aromatic heterocycles. The number of thioether (sulfide) groups is 1. The zero-order chi connectivity index (χ0) is 21.2. The van der Waals surface area contributed by atoms with Crippen LogP contribution in [0.5, 0.6) is 0 Å². The van der Waals surface area contributed by atoms with Gasteiger partial charge in [0, 0.05) is 25.1 Å². The van der Waals surface area contributed by atoms with E-state index in [-0.39, 0.29) is 17.6 Å². The van der Waals surface area contributed by atoms with Gasteiger partial charge in [-0.2, -0.15) is 0 Å². The van der Waals surface area contributed by atoms with Gasteiger partial charge in [-0.3, -0.25) is 14.6 Å². The van der Waals surface area contributed by atoms with Gasteiger partial charge in [0.15, 0.2) is 5.17 Å². The number of likely N-dealkylation sites (tertiary alicyclic amines) is 1. The molecule has 2 heterocycles. The summed E-state index contributed by atoms with van der Waals surface area (Å²) >= 11 is 1.44. The molecule has 0 radical (unpaired) electrons. The number of carbonyl (C=O) groups excluding carboxylic acids is 2. The summed E-state index contributed by atoms with van der Waals surface area (Å²) in [5.74, 6) is 0.260. The van der Waals surface area contributed by atoms with Gasteiger partial charge in [0.1, 0.15) is 5.82 Å². The van der Waals surface area contributed by atoms with Crippen molar-refractivity contribution in [3.63, 3.8) is 0 Å². The molecule has 0 bridgehead atoms. The molecule has 1 aromatic carbocycles. The van der Waals surface area contributed by atoms with Gasteiger partial charge in [0.25, 0.3) is 0 Å². The van der Waals surface area contributed by atoms with E-state index in [1.54, 1.807) is 18.2 Å². The highest BCUT2D eigenvalue weighted by molar-refractivity contribution is 8.16. The average molecular weight is 420 g/mol. The Kier molecular flexibility index (Phi) is 6.36. The molecule has 158 valence electrons. The van der Waals surface area contributed by atoms with Crippen molar-refractivity contribution in [3.05, 3.63) is 35.6 Å². The first kappa shape index (κ1) is 21.8. The standard InChI is InChI=1S/C22H30FN3O2S/c1-5-18(27)26-12-10-15(11-13-26)14-22(4)19(28)24-20(29-22)25-21(2,3)16-8-6-7-9-17(16)23/h6-9,15H,5,10-14H2,1-4H3,(H,24,25,28). The van der Waals surface area contributed by atoms with Crippen LogP contribution in [0.2, 0.25) is 0 Å².